The summed E-state index contributed by atoms with van der Waals surface area (Å²) in [6.07, 6.45) is 0.872. The van der Waals surface area contributed by atoms with Crippen LogP contribution in [-0.4, -0.2) is 18.9 Å². The van der Waals surface area contributed by atoms with E-state index in [1.165, 1.54) is 5.56 Å². The van der Waals surface area contributed by atoms with E-state index in [9.17, 15) is 0 Å². The molecule has 0 atom stereocenters. The minimum atomic E-state index is -0.0462. The molecule has 1 nitrogen and oxygen atoms in total. The number of rotatable bonds is 5. The van der Waals surface area contributed by atoms with Gasteiger partial charge in [-0.1, -0.05) is 19.1 Å². The molecule has 0 N–H and O–H groups in total. The summed E-state index contributed by atoms with van der Waals surface area (Å²) in [4.78, 5) is 0. The summed E-state index contributed by atoms with van der Waals surface area (Å²) in [6, 6.07) is 8.01. The van der Waals surface area contributed by atoms with Gasteiger partial charge in [0.05, 0.1) is 7.11 Å². The van der Waals surface area contributed by atoms with E-state index >= 15 is 0 Å². The normalized spacial score (nSPS) is 11.5. The van der Waals surface area contributed by atoms with E-state index in [-0.39, 0.29) is 5.41 Å². The Balaban J connectivity index is 2.79. The maximum absolute atomic E-state index is 5.92. The lowest BCUT2D eigenvalue weighted by molar-refractivity contribution is 0.407. The maximum atomic E-state index is 5.92. The van der Waals surface area contributed by atoms with Crippen LogP contribution in [0.3, 0.4) is 0 Å². The molecule has 0 unspecified atom stereocenters. The van der Waals surface area contributed by atoms with Gasteiger partial charge in [-0.05, 0) is 29.5 Å². The maximum Gasteiger partial charge on any atom is 0.119 e. The van der Waals surface area contributed by atoms with Crippen molar-refractivity contribution in [1.82, 2.24) is 0 Å². The van der Waals surface area contributed by atoms with Crippen molar-refractivity contribution in [1.29, 1.82) is 0 Å². The highest BCUT2D eigenvalue weighted by atomic mass is 35.5. The second kappa shape index (κ2) is 5.62. The van der Waals surface area contributed by atoms with E-state index in [4.69, 9.17) is 27.9 Å². The molecule has 0 aliphatic carbocycles. The minimum Gasteiger partial charge on any atom is -0.497 e. The number of hydrogen-bond donors (Lipinski definition) is 0. The van der Waals surface area contributed by atoms with Crippen molar-refractivity contribution in [3.63, 3.8) is 0 Å². The van der Waals surface area contributed by atoms with Gasteiger partial charge >= 0.3 is 0 Å². The van der Waals surface area contributed by atoms with Gasteiger partial charge in [0.15, 0.2) is 0 Å². The number of ether oxygens (including phenoxy) is 1. The van der Waals surface area contributed by atoms with Crippen molar-refractivity contribution < 1.29 is 4.74 Å². The summed E-state index contributed by atoms with van der Waals surface area (Å²) in [5.41, 5.74) is 1.16. The molecule has 1 rings (SSSR count). The fourth-order valence-electron chi connectivity index (χ4n) is 1.41. The molecule has 0 saturated heterocycles. The molecule has 1 aromatic rings. The van der Waals surface area contributed by atoms with Crippen LogP contribution >= 0.6 is 23.2 Å². The molecule has 0 fully saturated rings. The molecule has 15 heavy (non-hydrogen) atoms. The van der Waals surface area contributed by atoms with Crippen molar-refractivity contribution in [3.8, 4) is 5.75 Å². The largest absolute Gasteiger partial charge is 0.497 e. The van der Waals surface area contributed by atoms with Crippen molar-refractivity contribution in [2.24, 2.45) is 5.41 Å². The van der Waals surface area contributed by atoms with Crippen LogP contribution in [0.1, 0.15) is 12.5 Å². The number of halogens is 2. The summed E-state index contributed by atoms with van der Waals surface area (Å²) in [7, 11) is 1.67. The van der Waals surface area contributed by atoms with E-state index in [0.29, 0.717) is 11.8 Å². The Morgan fingerprint density at radius 3 is 2.47 bits per heavy atom. The van der Waals surface area contributed by atoms with Crippen molar-refractivity contribution in [3.05, 3.63) is 29.8 Å². The molecular weight excluding hydrogens is 231 g/mol. The van der Waals surface area contributed by atoms with E-state index in [2.05, 4.69) is 13.0 Å². The molecule has 0 aliphatic rings. The van der Waals surface area contributed by atoms with Crippen LogP contribution in [0.25, 0.3) is 0 Å². The van der Waals surface area contributed by atoms with Crippen LogP contribution in [0.15, 0.2) is 24.3 Å². The van der Waals surface area contributed by atoms with Crippen LogP contribution in [0, 0.1) is 5.41 Å². The van der Waals surface area contributed by atoms with Crippen LogP contribution in [-0.2, 0) is 6.42 Å². The van der Waals surface area contributed by atoms with Crippen molar-refractivity contribution in [2.45, 2.75) is 13.3 Å². The predicted molar refractivity (Wildman–Crippen MR) is 66.2 cm³/mol. The van der Waals surface area contributed by atoms with Gasteiger partial charge in [0.1, 0.15) is 5.75 Å². The SMILES string of the molecule is COc1cccc(CC(C)(CCl)CCl)c1. The van der Waals surface area contributed by atoms with Crippen LogP contribution < -0.4 is 4.74 Å². The molecule has 0 spiro atoms. The first kappa shape index (κ1) is 12.7. The smallest absolute Gasteiger partial charge is 0.119 e. The third-order valence-corrected chi connectivity index (χ3v) is 3.70. The van der Waals surface area contributed by atoms with Gasteiger partial charge in [0.25, 0.3) is 0 Å². The van der Waals surface area contributed by atoms with Crippen LogP contribution in [0.5, 0.6) is 5.75 Å². The zero-order chi connectivity index (χ0) is 11.3. The standard InChI is InChI=1S/C12H16Cl2O/c1-12(8-13,9-14)7-10-4-3-5-11(6-10)15-2/h3-6H,7-9H2,1-2H3. The molecule has 0 saturated carbocycles. The molecule has 84 valence electrons. The first-order chi connectivity index (χ1) is 7.13. The molecule has 0 aliphatic heterocycles. The van der Waals surface area contributed by atoms with Gasteiger partial charge in [-0.15, -0.1) is 23.2 Å². The van der Waals surface area contributed by atoms with Crippen molar-refractivity contribution >= 4 is 23.2 Å². The third-order valence-electron chi connectivity index (χ3n) is 2.41. The fourth-order valence-corrected chi connectivity index (χ4v) is 1.88. The molecule has 0 aromatic heterocycles. The van der Waals surface area contributed by atoms with E-state index in [1.807, 2.05) is 18.2 Å². The summed E-state index contributed by atoms with van der Waals surface area (Å²) in [5.74, 6) is 2.00. The Morgan fingerprint density at radius 1 is 1.27 bits per heavy atom. The second-order valence-corrected chi connectivity index (χ2v) is 4.64. The van der Waals surface area contributed by atoms with Gasteiger partial charge < -0.3 is 4.74 Å². The Hall–Kier alpha value is -0.400. The zero-order valence-corrected chi connectivity index (χ0v) is 10.6. The van der Waals surface area contributed by atoms with Crippen LogP contribution in [0.4, 0.5) is 0 Å². The van der Waals surface area contributed by atoms with E-state index in [0.717, 1.165) is 12.2 Å². The van der Waals surface area contributed by atoms with E-state index in [1.54, 1.807) is 7.11 Å². The molecule has 0 heterocycles. The topological polar surface area (TPSA) is 9.23 Å². The minimum absolute atomic E-state index is 0.0462. The number of alkyl halides is 2. The Labute approximate surface area is 101 Å². The molecular formula is C12H16Cl2O. The summed E-state index contributed by atoms with van der Waals surface area (Å²) in [5, 5.41) is 0. The molecule has 3 heteroatoms. The monoisotopic (exact) mass is 246 g/mol. The number of hydrogen-bond acceptors (Lipinski definition) is 1. The Bertz CT molecular complexity index is 308. The lowest BCUT2D eigenvalue weighted by Crippen LogP contribution is -2.23. The molecule has 0 bridgehead atoms. The van der Waals surface area contributed by atoms with Crippen LogP contribution in [0.2, 0.25) is 0 Å². The van der Waals surface area contributed by atoms with Gasteiger partial charge in [-0.25, -0.2) is 0 Å². The predicted octanol–water partition coefficient (Wildman–Crippen LogP) is 3.72. The number of benzene rings is 1. The van der Waals surface area contributed by atoms with Gasteiger partial charge in [0, 0.05) is 11.8 Å². The first-order valence-electron chi connectivity index (χ1n) is 4.88. The highest BCUT2D eigenvalue weighted by Crippen LogP contribution is 2.27. The average Bonchev–Trinajstić information content (AvgIpc) is 2.29. The van der Waals surface area contributed by atoms with Crippen molar-refractivity contribution in [2.75, 3.05) is 18.9 Å². The van der Waals surface area contributed by atoms with Gasteiger partial charge in [-0.3, -0.25) is 0 Å². The summed E-state index contributed by atoms with van der Waals surface area (Å²) in [6.45, 7) is 2.09. The van der Waals surface area contributed by atoms with E-state index < -0.39 is 0 Å². The third kappa shape index (κ3) is 3.58. The lowest BCUT2D eigenvalue weighted by Gasteiger charge is -2.24. The Kier molecular flexibility index (Phi) is 4.75. The molecule has 1 aromatic carbocycles. The molecule has 0 radical (unpaired) electrons. The highest BCUT2D eigenvalue weighted by molar-refractivity contribution is 6.21. The highest BCUT2D eigenvalue weighted by Gasteiger charge is 2.22. The van der Waals surface area contributed by atoms with Gasteiger partial charge in [0.2, 0.25) is 0 Å². The lowest BCUT2D eigenvalue weighted by atomic mass is 9.87. The average molecular weight is 247 g/mol. The second-order valence-electron chi connectivity index (χ2n) is 4.11. The summed E-state index contributed by atoms with van der Waals surface area (Å²) < 4.78 is 5.17. The molecule has 0 amide bonds. The number of methoxy groups -OCH3 is 1. The quantitative estimate of drug-likeness (QED) is 0.720. The summed E-state index contributed by atoms with van der Waals surface area (Å²) >= 11 is 11.8. The Morgan fingerprint density at radius 2 is 1.93 bits per heavy atom. The fraction of sp³-hybridized carbons (Fsp3) is 0.500. The van der Waals surface area contributed by atoms with Gasteiger partial charge in [-0.2, -0.15) is 0 Å². The first-order valence-corrected chi connectivity index (χ1v) is 5.95. The zero-order valence-electron chi connectivity index (χ0n) is 9.09.